The number of primary amides is 1. The van der Waals surface area contributed by atoms with Gasteiger partial charge in [0.15, 0.2) is 0 Å². The van der Waals surface area contributed by atoms with E-state index in [2.05, 4.69) is 15.6 Å². The highest BCUT2D eigenvalue weighted by Gasteiger charge is 2.30. The van der Waals surface area contributed by atoms with Crippen molar-refractivity contribution in [1.82, 2.24) is 4.98 Å². The summed E-state index contributed by atoms with van der Waals surface area (Å²) in [6.45, 7) is 0. The smallest absolute Gasteiger partial charge is 0.416 e. The summed E-state index contributed by atoms with van der Waals surface area (Å²) in [5.74, 6) is -1.85. The third kappa shape index (κ3) is 5.45. The molecule has 6 N–H and O–H groups in total. The maximum absolute atomic E-state index is 12.6. The Kier molecular flexibility index (Phi) is 6.19. The molecule has 0 aliphatic carbocycles. The monoisotopic (exact) mass is 446 g/mol. The second-order valence-corrected chi connectivity index (χ2v) is 6.78. The minimum absolute atomic E-state index is 0.00438. The van der Waals surface area contributed by atoms with Gasteiger partial charge in [-0.05, 0) is 48.0 Å². The molecule has 1 heterocycles. The number of alkyl halides is 3. The van der Waals surface area contributed by atoms with E-state index in [1.165, 1.54) is 18.2 Å². The van der Waals surface area contributed by atoms with Gasteiger partial charge in [-0.2, -0.15) is 13.2 Å². The van der Waals surface area contributed by atoms with Crippen molar-refractivity contribution in [1.29, 1.82) is 0 Å². The van der Waals surface area contributed by atoms with Crippen molar-refractivity contribution in [3.8, 4) is 0 Å². The van der Waals surface area contributed by atoms with Crippen LogP contribution in [0.2, 0.25) is 0 Å². The zero-order chi connectivity index (χ0) is 23.5. The lowest BCUT2D eigenvalue weighted by Gasteiger charge is -2.10. The average Bonchev–Trinajstić information content (AvgIpc) is 3.10. The van der Waals surface area contributed by atoms with E-state index < -0.39 is 29.6 Å². The molecule has 0 saturated carbocycles. The largest absolute Gasteiger partial charge is 0.478 e. The Balaban J connectivity index is 1.71. The first-order chi connectivity index (χ1) is 15.0. The van der Waals surface area contributed by atoms with E-state index in [4.69, 9.17) is 10.8 Å². The number of nitrogens with one attached hydrogen (secondary N) is 3. The Morgan fingerprint density at radius 3 is 2.12 bits per heavy atom. The van der Waals surface area contributed by atoms with Gasteiger partial charge in [-0.1, -0.05) is 12.1 Å². The number of rotatable bonds is 6. The lowest BCUT2D eigenvalue weighted by Crippen LogP contribution is -2.22. The number of hydrogen-bond acceptors (Lipinski definition) is 3. The highest BCUT2D eigenvalue weighted by atomic mass is 19.4. The van der Waals surface area contributed by atoms with Crippen molar-refractivity contribution in [2.45, 2.75) is 12.6 Å². The summed E-state index contributed by atoms with van der Waals surface area (Å²) in [5, 5.41) is 13.7. The highest BCUT2D eigenvalue weighted by Crippen LogP contribution is 2.30. The fourth-order valence-corrected chi connectivity index (χ4v) is 2.90. The van der Waals surface area contributed by atoms with E-state index in [0.29, 0.717) is 12.1 Å². The van der Waals surface area contributed by atoms with E-state index in [-0.39, 0.29) is 22.6 Å². The van der Waals surface area contributed by atoms with E-state index >= 15 is 0 Å². The van der Waals surface area contributed by atoms with Crippen LogP contribution < -0.4 is 16.4 Å². The van der Waals surface area contributed by atoms with Crippen LogP contribution in [0.3, 0.4) is 0 Å². The van der Waals surface area contributed by atoms with Crippen LogP contribution in [0, 0.1) is 0 Å². The summed E-state index contributed by atoms with van der Waals surface area (Å²) < 4.78 is 37.9. The maximum atomic E-state index is 12.6. The molecule has 8 nitrogen and oxygen atoms in total. The van der Waals surface area contributed by atoms with Crippen LogP contribution in [0.5, 0.6) is 0 Å². The van der Waals surface area contributed by atoms with Gasteiger partial charge in [0.25, 0.3) is 5.91 Å². The number of aromatic carboxylic acids is 1. The fourth-order valence-electron chi connectivity index (χ4n) is 2.90. The van der Waals surface area contributed by atoms with Gasteiger partial charge in [-0.3, -0.25) is 10.1 Å². The van der Waals surface area contributed by atoms with Crippen molar-refractivity contribution in [2.24, 2.45) is 5.73 Å². The van der Waals surface area contributed by atoms with E-state index in [0.717, 1.165) is 29.8 Å². The Morgan fingerprint density at radius 1 is 0.969 bits per heavy atom. The number of carboxylic acids is 1. The number of urea groups is 1. The highest BCUT2D eigenvalue weighted by molar-refractivity contribution is 6.05. The number of halogens is 3. The second kappa shape index (κ2) is 8.84. The molecule has 3 rings (SSSR count). The zero-order valence-electron chi connectivity index (χ0n) is 16.3. The number of anilines is 2. The summed E-state index contributed by atoms with van der Waals surface area (Å²) in [6, 6.07) is 10.6. The third-order valence-electron chi connectivity index (χ3n) is 4.44. The molecular formula is C21H17F3N4O4. The van der Waals surface area contributed by atoms with Gasteiger partial charge in [-0.15, -0.1) is 0 Å². The van der Waals surface area contributed by atoms with Crippen LogP contribution >= 0.6 is 0 Å². The molecule has 11 heteroatoms. The van der Waals surface area contributed by atoms with Gasteiger partial charge in [0.2, 0.25) is 0 Å². The number of hydrogen-bond donors (Lipinski definition) is 5. The molecule has 0 saturated heterocycles. The fraction of sp³-hybridized carbons (Fsp3) is 0.0952. The van der Waals surface area contributed by atoms with Crippen molar-refractivity contribution >= 4 is 29.4 Å². The summed E-state index contributed by atoms with van der Waals surface area (Å²) in [4.78, 5) is 37.8. The molecule has 0 radical (unpaired) electrons. The van der Waals surface area contributed by atoms with Crippen LogP contribution in [-0.2, 0) is 12.6 Å². The van der Waals surface area contributed by atoms with Crippen LogP contribution in [0.25, 0.3) is 0 Å². The zero-order valence-corrected chi connectivity index (χ0v) is 16.3. The van der Waals surface area contributed by atoms with Crippen LogP contribution in [0.15, 0.2) is 54.6 Å². The van der Waals surface area contributed by atoms with Gasteiger partial charge in [0.05, 0.1) is 16.7 Å². The summed E-state index contributed by atoms with van der Waals surface area (Å²) in [7, 11) is 0. The summed E-state index contributed by atoms with van der Waals surface area (Å²) >= 11 is 0. The first-order valence-corrected chi connectivity index (χ1v) is 9.12. The van der Waals surface area contributed by atoms with Crippen LogP contribution in [-0.4, -0.2) is 28.0 Å². The Morgan fingerprint density at radius 2 is 1.59 bits per heavy atom. The van der Waals surface area contributed by atoms with E-state index in [1.54, 1.807) is 12.1 Å². The molecule has 0 fully saturated rings. The quantitative estimate of drug-likeness (QED) is 0.390. The number of carbonyl (C=O) groups excluding carboxylic acids is 2. The van der Waals surface area contributed by atoms with Gasteiger partial charge in [-0.25, -0.2) is 9.59 Å². The normalized spacial score (nSPS) is 11.1. The number of carboxylic acid groups (broad SMARTS) is 1. The molecule has 3 amide bonds. The molecule has 32 heavy (non-hydrogen) atoms. The predicted octanol–water partition coefficient (Wildman–Crippen LogP) is 4.07. The molecule has 1 aromatic heterocycles. The molecule has 0 unspecified atom stereocenters. The van der Waals surface area contributed by atoms with Crippen LogP contribution in [0.1, 0.15) is 37.5 Å². The van der Waals surface area contributed by atoms with Gasteiger partial charge >= 0.3 is 18.2 Å². The number of nitrogens with two attached hydrogens (primary N) is 1. The molecule has 166 valence electrons. The van der Waals surface area contributed by atoms with E-state index in [1.807, 2.05) is 0 Å². The Hall–Kier alpha value is -4.28. The molecule has 0 spiro atoms. The van der Waals surface area contributed by atoms with Crippen molar-refractivity contribution in [3.63, 3.8) is 0 Å². The lowest BCUT2D eigenvalue weighted by molar-refractivity contribution is -0.137. The van der Waals surface area contributed by atoms with Gasteiger partial charge < -0.3 is 21.1 Å². The summed E-state index contributed by atoms with van der Waals surface area (Å²) in [5.41, 5.74) is 6.01. The molecule has 0 aliphatic rings. The topological polar surface area (TPSA) is 137 Å². The lowest BCUT2D eigenvalue weighted by atomic mass is 10.1. The number of H-pyrrole nitrogens is 1. The molecule has 0 aliphatic heterocycles. The summed E-state index contributed by atoms with van der Waals surface area (Å²) in [6.07, 6.45) is -4.20. The molecular weight excluding hydrogens is 429 g/mol. The maximum Gasteiger partial charge on any atom is 0.416 e. The first-order valence-electron chi connectivity index (χ1n) is 9.12. The van der Waals surface area contributed by atoms with Gasteiger partial charge in [0.1, 0.15) is 5.82 Å². The standard InChI is InChI=1S/C21H17F3N4O4/c22-21(23,24)13-5-7-14(8-6-13)27-20(32)28-18-16(17(25)29)10-15(26-18)9-11-1-3-12(4-2-11)19(30)31/h1-8,10,26H,9H2,(H2,25,29)(H,30,31)(H2,27,28,32). The number of benzene rings is 2. The molecule has 3 aromatic rings. The molecule has 0 atom stereocenters. The number of aromatic nitrogens is 1. The van der Waals surface area contributed by atoms with Crippen molar-refractivity contribution < 1.29 is 32.7 Å². The number of amides is 3. The van der Waals surface area contributed by atoms with Crippen molar-refractivity contribution in [2.75, 3.05) is 10.6 Å². The third-order valence-corrected chi connectivity index (χ3v) is 4.44. The van der Waals surface area contributed by atoms with Gasteiger partial charge in [0, 0.05) is 17.8 Å². The van der Waals surface area contributed by atoms with E-state index in [9.17, 15) is 27.6 Å². The Bertz CT molecular complexity index is 1150. The Labute approximate surface area is 179 Å². The second-order valence-electron chi connectivity index (χ2n) is 6.78. The average molecular weight is 446 g/mol. The van der Waals surface area contributed by atoms with Crippen molar-refractivity contribution in [3.05, 3.63) is 82.5 Å². The number of carbonyl (C=O) groups is 3. The van der Waals surface area contributed by atoms with Crippen LogP contribution in [0.4, 0.5) is 29.5 Å². The number of aromatic amines is 1. The minimum atomic E-state index is -4.49. The molecule has 0 bridgehead atoms. The predicted molar refractivity (Wildman–Crippen MR) is 110 cm³/mol. The first kappa shape index (κ1) is 22.4. The molecule has 2 aromatic carbocycles. The minimum Gasteiger partial charge on any atom is -0.478 e. The SMILES string of the molecule is NC(=O)c1cc(Cc2ccc(C(=O)O)cc2)[nH]c1NC(=O)Nc1ccc(C(F)(F)F)cc1.